The largest absolute Gasteiger partial charge is 0.381 e. The van der Waals surface area contributed by atoms with Crippen LogP contribution < -0.4 is 0 Å². The quantitative estimate of drug-likeness (QED) is 0.622. The van der Waals surface area contributed by atoms with E-state index in [1.54, 1.807) is 0 Å². The van der Waals surface area contributed by atoms with Crippen LogP contribution in [0.25, 0.3) is 0 Å². The van der Waals surface area contributed by atoms with Gasteiger partial charge in [-0.1, -0.05) is 52.9 Å². The van der Waals surface area contributed by atoms with Crippen molar-refractivity contribution < 1.29 is 9.47 Å². The Kier molecular flexibility index (Phi) is 5.06. The molecule has 0 amide bonds. The molecule has 0 aromatic heterocycles. The van der Waals surface area contributed by atoms with E-state index in [0.29, 0.717) is 6.10 Å². The monoisotopic (exact) mass is 332 g/mol. The van der Waals surface area contributed by atoms with Gasteiger partial charge in [-0.25, -0.2) is 0 Å². The average molecular weight is 332 g/mol. The minimum atomic E-state index is 0.227. The SMILES string of the molecule is ICC(OC1CCOCC1)c1ccccc1. The Morgan fingerprint density at radius 2 is 1.94 bits per heavy atom. The van der Waals surface area contributed by atoms with Gasteiger partial charge in [0.1, 0.15) is 0 Å². The predicted molar refractivity (Wildman–Crippen MR) is 73.0 cm³/mol. The third-order valence-electron chi connectivity index (χ3n) is 2.84. The summed E-state index contributed by atoms with van der Waals surface area (Å²) in [7, 11) is 0. The summed E-state index contributed by atoms with van der Waals surface area (Å²) in [5, 5.41) is 0. The molecule has 1 saturated heterocycles. The average Bonchev–Trinajstić information content (AvgIpc) is 2.38. The van der Waals surface area contributed by atoms with E-state index in [0.717, 1.165) is 30.5 Å². The smallest absolute Gasteiger partial charge is 0.0918 e. The maximum atomic E-state index is 6.14. The van der Waals surface area contributed by atoms with E-state index in [9.17, 15) is 0 Å². The van der Waals surface area contributed by atoms with Crippen molar-refractivity contribution in [3.05, 3.63) is 35.9 Å². The Labute approximate surface area is 110 Å². The van der Waals surface area contributed by atoms with Gasteiger partial charge in [-0.15, -0.1) is 0 Å². The van der Waals surface area contributed by atoms with Crippen LogP contribution in [0.15, 0.2) is 30.3 Å². The van der Waals surface area contributed by atoms with Gasteiger partial charge in [-0.05, 0) is 18.4 Å². The van der Waals surface area contributed by atoms with Gasteiger partial charge in [0, 0.05) is 17.6 Å². The molecule has 1 aliphatic heterocycles. The van der Waals surface area contributed by atoms with E-state index in [1.165, 1.54) is 5.56 Å². The fourth-order valence-electron chi connectivity index (χ4n) is 1.92. The molecule has 0 radical (unpaired) electrons. The number of hydrogen-bond acceptors (Lipinski definition) is 2. The highest BCUT2D eigenvalue weighted by molar-refractivity contribution is 14.1. The normalized spacial score (nSPS) is 19.6. The summed E-state index contributed by atoms with van der Waals surface area (Å²) in [4.78, 5) is 0. The van der Waals surface area contributed by atoms with Gasteiger partial charge in [0.05, 0.1) is 12.2 Å². The highest BCUT2D eigenvalue weighted by atomic mass is 127. The molecule has 16 heavy (non-hydrogen) atoms. The van der Waals surface area contributed by atoms with Crippen LogP contribution in [0.1, 0.15) is 24.5 Å². The maximum absolute atomic E-state index is 6.14. The lowest BCUT2D eigenvalue weighted by Gasteiger charge is -2.27. The highest BCUT2D eigenvalue weighted by Crippen LogP contribution is 2.24. The van der Waals surface area contributed by atoms with Crippen LogP contribution in [-0.2, 0) is 9.47 Å². The summed E-state index contributed by atoms with van der Waals surface area (Å²) in [6.07, 6.45) is 2.65. The Balaban J connectivity index is 1.94. The summed E-state index contributed by atoms with van der Waals surface area (Å²) in [6.45, 7) is 1.68. The van der Waals surface area contributed by atoms with E-state index in [1.807, 2.05) is 6.07 Å². The summed E-state index contributed by atoms with van der Waals surface area (Å²) in [6, 6.07) is 10.5. The minimum absolute atomic E-state index is 0.227. The van der Waals surface area contributed by atoms with Crippen LogP contribution in [0.2, 0.25) is 0 Å². The van der Waals surface area contributed by atoms with E-state index >= 15 is 0 Å². The van der Waals surface area contributed by atoms with Crippen LogP contribution >= 0.6 is 22.6 Å². The third kappa shape index (κ3) is 3.43. The summed E-state index contributed by atoms with van der Waals surface area (Å²) < 4.78 is 12.5. The summed E-state index contributed by atoms with van der Waals surface area (Å²) in [5.74, 6) is 0. The first-order chi connectivity index (χ1) is 7.90. The minimum Gasteiger partial charge on any atom is -0.381 e. The number of hydrogen-bond donors (Lipinski definition) is 0. The van der Waals surface area contributed by atoms with Crippen molar-refractivity contribution in [1.82, 2.24) is 0 Å². The lowest BCUT2D eigenvalue weighted by molar-refractivity contribution is -0.0611. The number of rotatable bonds is 4. The molecule has 0 aliphatic carbocycles. The molecule has 1 aliphatic rings. The zero-order valence-corrected chi connectivity index (χ0v) is 11.4. The molecule has 1 aromatic rings. The fourth-order valence-corrected chi connectivity index (χ4v) is 2.63. The van der Waals surface area contributed by atoms with Crippen LogP contribution in [0.5, 0.6) is 0 Å². The molecule has 0 saturated carbocycles. The van der Waals surface area contributed by atoms with E-state index in [-0.39, 0.29) is 6.10 Å². The number of alkyl halides is 1. The molecular formula is C13H17IO2. The Morgan fingerprint density at radius 1 is 1.25 bits per heavy atom. The Hall–Kier alpha value is -0.130. The molecule has 1 unspecified atom stereocenters. The molecule has 0 N–H and O–H groups in total. The third-order valence-corrected chi connectivity index (χ3v) is 3.64. The number of benzene rings is 1. The number of halogens is 1. The van der Waals surface area contributed by atoms with Gasteiger partial charge >= 0.3 is 0 Å². The maximum Gasteiger partial charge on any atom is 0.0918 e. The molecule has 0 bridgehead atoms. The van der Waals surface area contributed by atoms with Crippen LogP contribution in [-0.4, -0.2) is 23.7 Å². The zero-order valence-electron chi connectivity index (χ0n) is 9.27. The van der Waals surface area contributed by atoms with Gasteiger partial charge in [-0.3, -0.25) is 0 Å². The standard InChI is InChI=1S/C13H17IO2/c14-10-13(11-4-2-1-3-5-11)16-12-6-8-15-9-7-12/h1-5,12-13H,6-10H2. The van der Waals surface area contributed by atoms with Crippen LogP contribution in [0.3, 0.4) is 0 Å². The van der Waals surface area contributed by atoms with Crippen molar-refractivity contribution in [2.75, 3.05) is 17.6 Å². The molecule has 2 rings (SSSR count). The molecule has 1 aromatic carbocycles. The zero-order chi connectivity index (χ0) is 11.2. The molecule has 0 spiro atoms. The molecule has 1 atom stereocenters. The van der Waals surface area contributed by atoms with Gasteiger partial charge in [0.25, 0.3) is 0 Å². The van der Waals surface area contributed by atoms with Gasteiger partial charge in [0.15, 0.2) is 0 Å². The van der Waals surface area contributed by atoms with E-state index in [2.05, 4.69) is 46.9 Å². The van der Waals surface area contributed by atoms with Crippen molar-refractivity contribution >= 4 is 22.6 Å². The lowest BCUT2D eigenvalue weighted by Crippen LogP contribution is -2.25. The van der Waals surface area contributed by atoms with Crippen LogP contribution in [0, 0.1) is 0 Å². The molecular weight excluding hydrogens is 315 g/mol. The second-order valence-electron chi connectivity index (χ2n) is 4.00. The second kappa shape index (κ2) is 6.57. The fraction of sp³-hybridized carbons (Fsp3) is 0.538. The first kappa shape index (κ1) is 12.3. The molecule has 3 heteroatoms. The molecule has 2 nitrogen and oxygen atoms in total. The lowest BCUT2D eigenvalue weighted by atomic mass is 10.1. The van der Waals surface area contributed by atoms with Gasteiger partial charge in [-0.2, -0.15) is 0 Å². The number of ether oxygens (including phenoxy) is 2. The Morgan fingerprint density at radius 3 is 2.56 bits per heavy atom. The van der Waals surface area contributed by atoms with Gasteiger partial charge in [0.2, 0.25) is 0 Å². The van der Waals surface area contributed by atoms with Crippen molar-refractivity contribution in [1.29, 1.82) is 0 Å². The summed E-state index contributed by atoms with van der Waals surface area (Å²) in [5.41, 5.74) is 1.28. The second-order valence-corrected chi connectivity index (χ2v) is 4.88. The van der Waals surface area contributed by atoms with Crippen LogP contribution in [0.4, 0.5) is 0 Å². The van der Waals surface area contributed by atoms with Crippen molar-refractivity contribution in [2.45, 2.75) is 25.0 Å². The van der Waals surface area contributed by atoms with Gasteiger partial charge < -0.3 is 9.47 Å². The topological polar surface area (TPSA) is 18.5 Å². The van der Waals surface area contributed by atoms with Crippen molar-refractivity contribution in [2.24, 2.45) is 0 Å². The molecule has 1 heterocycles. The Bertz CT molecular complexity index is 296. The summed E-state index contributed by atoms with van der Waals surface area (Å²) >= 11 is 2.39. The highest BCUT2D eigenvalue weighted by Gasteiger charge is 2.19. The van der Waals surface area contributed by atoms with E-state index < -0.39 is 0 Å². The molecule has 88 valence electrons. The van der Waals surface area contributed by atoms with Crippen molar-refractivity contribution in [3.63, 3.8) is 0 Å². The molecule has 1 fully saturated rings. The van der Waals surface area contributed by atoms with E-state index in [4.69, 9.17) is 9.47 Å². The van der Waals surface area contributed by atoms with Crippen molar-refractivity contribution in [3.8, 4) is 0 Å². The predicted octanol–water partition coefficient (Wildman–Crippen LogP) is 3.36. The first-order valence-corrected chi connectivity index (χ1v) is 7.27. The first-order valence-electron chi connectivity index (χ1n) is 5.74.